The van der Waals surface area contributed by atoms with Gasteiger partial charge in [0.2, 0.25) is 0 Å². The minimum Gasteiger partial charge on any atom is -0.445 e. The van der Waals surface area contributed by atoms with Gasteiger partial charge in [0, 0.05) is 16.1 Å². The number of carbonyl (C=O) groups is 2. The van der Waals surface area contributed by atoms with Crippen molar-refractivity contribution in [1.29, 1.82) is 0 Å². The Balaban J connectivity index is 1.98. The smallest absolute Gasteiger partial charge is 0.408 e. The second-order valence-electron chi connectivity index (χ2n) is 5.41. The number of ether oxygens (including phenoxy) is 1. The van der Waals surface area contributed by atoms with E-state index in [1.807, 2.05) is 30.3 Å². The molecule has 0 aromatic heterocycles. The average molecular weight is 391 g/mol. The van der Waals surface area contributed by atoms with E-state index in [2.05, 4.69) is 21.2 Å². The maximum Gasteiger partial charge on any atom is 0.408 e. The minimum atomic E-state index is -0.852. The van der Waals surface area contributed by atoms with Crippen molar-refractivity contribution in [3.05, 3.63) is 70.2 Å². The molecule has 2 aromatic carbocycles. The lowest BCUT2D eigenvalue weighted by Gasteiger charge is -2.21. The second-order valence-corrected chi connectivity index (χ2v) is 6.33. The monoisotopic (exact) mass is 390 g/mol. The van der Waals surface area contributed by atoms with Crippen LogP contribution in [0.25, 0.3) is 0 Å². The first-order valence-corrected chi connectivity index (χ1v) is 8.29. The van der Waals surface area contributed by atoms with Gasteiger partial charge in [-0.1, -0.05) is 58.4 Å². The SMILES string of the molecule is CC(N)C(NC(=O)OCc1ccccc1)C(=O)c1ccc(Br)cc1. The highest BCUT2D eigenvalue weighted by atomic mass is 79.9. The zero-order chi connectivity index (χ0) is 17.5. The van der Waals surface area contributed by atoms with Gasteiger partial charge in [0.1, 0.15) is 12.6 Å². The molecule has 0 heterocycles. The highest BCUT2D eigenvalue weighted by molar-refractivity contribution is 9.10. The summed E-state index contributed by atoms with van der Waals surface area (Å²) in [5.74, 6) is -0.255. The van der Waals surface area contributed by atoms with Crippen LogP contribution in [-0.2, 0) is 11.3 Å². The first kappa shape index (κ1) is 18.2. The maximum atomic E-state index is 12.5. The molecule has 2 atom stereocenters. The fourth-order valence-electron chi connectivity index (χ4n) is 2.12. The van der Waals surface area contributed by atoms with E-state index in [1.54, 1.807) is 31.2 Å². The topological polar surface area (TPSA) is 81.4 Å². The molecule has 0 saturated heterocycles. The largest absolute Gasteiger partial charge is 0.445 e. The van der Waals surface area contributed by atoms with Gasteiger partial charge >= 0.3 is 6.09 Å². The number of Topliss-reactive ketones (excluding diaryl/α,β-unsaturated/α-hetero) is 1. The summed E-state index contributed by atoms with van der Waals surface area (Å²) in [5, 5.41) is 2.55. The zero-order valence-electron chi connectivity index (χ0n) is 13.2. The van der Waals surface area contributed by atoms with E-state index < -0.39 is 18.2 Å². The van der Waals surface area contributed by atoms with Gasteiger partial charge in [-0.25, -0.2) is 4.79 Å². The van der Waals surface area contributed by atoms with Crippen LogP contribution >= 0.6 is 15.9 Å². The Morgan fingerprint density at radius 3 is 2.33 bits per heavy atom. The van der Waals surface area contributed by atoms with Gasteiger partial charge in [0.05, 0.1) is 0 Å². The molecule has 2 aromatic rings. The molecule has 1 amide bonds. The van der Waals surface area contributed by atoms with Crippen LogP contribution in [0.2, 0.25) is 0 Å². The zero-order valence-corrected chi connectivity index (χ0v) is 14.8. The van der Waals surface area contributed by atoms with Gasteiger partial charge in [0.15, 0.2) is 5.78 Å². The summed E-state index contributed by atoms with van der Waals surface area (Å²) in [7, 11) is 0. The van der Waals surface area contributed by atoms with E-state index in [0.29, 0.717) is 5.56 Å². The molecule has 0 radical (unpaired) electrons. The Hall–Kier alpha value is -2.18. The molecule has 3 N–H and O–H groups in total. The number of nitrogens with two attached hydrogens (primary N) is 1. The number of hydrogen-bond acceptors (Lipinski definition) is 4. The Morgan fingerprint density at radius 2 is 1.75 bits per heavy atom. The van der Waals surface area contributed by atoms with Gasteiger partial charge in [-0.05, 0) is 24.6 Å². The number of amides is 1. The van der Waals surface area contributed by atoms with E-state index >= 15 is 0 Å². The van der Waals surface area contributed by atoms with Crippen LogP contribution < -0.4 is 11.1 Å². The number of nitrogens with one attached hydrogen (secondary N) is 1. The van der Waals surface area contributed by atoms with Crippen LogP contribution in [0.1, 0.15) is 22.8 Å². The van der Waals surface area contributed by atoms with Crippen molar-refractivity contribution in [2.24, 2.45) is 5.73 Å². The molecule has 126 valence electrons. The van der Waals surface area contributed by atoms with Crippen LogP contribution in [0, 0.1) is 0 Å². The normalized spacial score (nSPS) is 13.0. The van der Waals surface area contributed by atoms with Crippen LogP contribution in [0.5, 0.6) is 0 Å². The third kappa shape index (κ3) is 5.18. The number of hydrogen-bond donors (Lipinski definition) is 2. The van der Waals surface area contributed by atoms with E-state index in [4.69, 9.17) is 10.5 Å². The first-order chi connectivity index (χ1) is 11.5. The quantitative estimate of drug-likeness (QED) is 0.741. The molecule has 0 saturated carbocycles. The lowest BCUT2D eigenvalue weighted by Crippen LogP contribution is -2.51. The summed E-state index contributed by atoms with van der Waals surface area (Å²) in [4.78, 5) is 24.5. The molecule has 0 aliphatic heterocycles. The standard InChI is InChI=1S/C18H19BrN2O3/c1-12(20)16(17(22)14-7-9-15(19)10-8-14)21-18(23)24-11-13-5-3-2-4-6-13/h2-10,12,16H,11,20H2,1H3,(H,21,23). The van der Waals surface area contributed by atoms with Crippen LogP contribution in [0.15, 0.2) is 59.1 Å². The van der Waals surface area contributed by atoms with E-state index in [0.717, 1.165) is 10.0 Å². The lowest BCUT2D eigenvalue weighted by molar-refractivity contribution is 0.0903. The second kappa shape index (κ2) is 8.61. The van der Waals surface area contributed by atoms with Gasteiger partial charge < -0.3 is 15.8 Å². The number of rotatable bonds is 6. The Morgan fingerprint density at radius 1 is 1.12 bits per heavy atom. The highest BCUT2D eigenvalue weighted by Gasteiger charge is 2.26. The molecule has 2 rings (SSSR count). The number of benzene rings is 2. The van der Waals surface area contributed by atoms with Crippen LogP contribution in [-0.4, -0.2) is 24.0 Å². The van der Waals surface area contributed by atoms with E-state index in [-0.39, 0.29) is 12.4 Å². The Kier molecular flexibility index (Phi) is 6.52. The molecule has 0 spiro atoms. The summed E-state index contributed by atoms with van der Waals surface area (Å²) in [6.07, 6.45) is -0.674. The molecular weight excluding hydrogens is 372 g/mol. The number of halogens is 1. The summed E-state index contributed by atoms with van der Waals surface area (Å²) in [6.45, 7) is 1.80. The summed E-state index contributed by atoms with van der Waals surface area (Å²) in [6, 6.07) is 14.8. The Labute approximate surface area is 149 Å². The molecule has 0 aliphatic rings. The molecule has 0 bridgehead atoms. The van der Waals surface area contributed by atoms with Crippen molar-refractivity contribution in [2.45, 2.75) is 25.6 Å². The highest BCUT2D eigenvalue weighted by Crippen LogP contribution is 2.13. The fourth-order valence-corrected chi connectivity index (χ4v) is 2.39. The van der Waals surface area contributed by atoms with Crippen molar-refractivity contribution >= 4 is 27.8 Å². The number of ketones is 1. The fraction of sp³-hybridized carbons (Fsp3) is 0.222. The maximum absolute atomic E-state index is 12.5. The van der Waals surface area contributed by atoms with Crippen LogP contribution in [0.3, 0.4) is 0 Å². The molecule has 0 fully saturated rings. The van der Waals surface area contributed by atoms with Crippen molar-refractivity contribution in [1.82, 2.24) is 5.32 Å². The van der Waals surface area contributed by atoms with Crippen molar-refractivity contribution in [3.8, 4) is 0 Å². The predicted octanol–water partition coefficient (Wildman–Crippen LogP) is 3.27. The molecular formula is C18H19BrN2O3. The van der Waals surface area contributed by atoms with E-state index in [9.17, 15) is 9.59 Å². The predicted molar refractivity (Wildman–Crippen MR) is 95.7 cm³/mol. The average Bonchev–Trinajstić information content (AvgIpc) is 2.58. The van der Waals surface area contributed by atoms with Crippen molar-refractivity contribution in [2.75, 3.05) is 0 Å². The third-order valence-electron chi connectivity index (χ3n) is 3.42. The number of alkyl carbamates (subject to hydrolysis) is 1. The summed E-state index contributed by atoms with van der Waals surface area (Å²) < 4.78 is 6.02. The minimum absolute atomic E-state index is 0.130. The van der Waals surface area contributed by atoms with Gasteiger partial charge in [-0.15, -0.1) is 0 Å². The van der Waals surface area contributed by atoms with Gasteiger partial charge in [0.25, 0.3) is 0 Å². The molecule has 2 unspecified atom stereocenters. The van der Waals surface area contributed by atoms with Crippen molar-refractivity contribution < 1.29 is 14.3 Å². The molecule has 24 heavy (non-hydrogen) atoms. The third-order valence-corrected chi connectivity index (χ3v) is 3.95. The lowest BCUT2D eigenvalue weighted by atomic mass is 9.99. The van der Waals surface area contributed by atoms with Gasteiger partial charge in [-0.2, -0.15) is 0 Å². The summed E-state index contributed by atoms with van der Waals surface area (Å²) in [5.41, 5.74) is 7.20. The van der Waals surface area contributed by atoms with Crippen molar-refractivity contribution in [3.63, 3.8) is 0 Å². The van der Waals surface area contributed by atoms with Gasteiger partial charge in [-0.3, -0.25) is 4.79 Å². The molecule has 0 aliphatic carbocycles. The summed E-state index contributed by atoms with van der Waals surface area (Å²) >= 11 is 3.32. The number of carbonyl (C=O) groups excluding carboxylic acids is 2. The molecule has 5 nitrogen and oxygen atoms in total. The Bertz CT molecular complexity index is 687. The molecule has 6 heteroatoms. The van der Waals surface area contributed by atoms with E-state index in [1.165, 1.54) is 0 Å². The van der Waals surface area contributed by atoms with Crippen LogP contribution in [0.4, 0.5) is 4.79 Å². The first-order valence-electron chi connectivity index (χ1n) is 7.50.